The average molecular weight is 269 g/mol. The zero-order valence-electron chi connectivity index (χ0n) is 11.2. The highest BCUT2D eigenvalue weighted by molar-refractivity contribution is 5.54. The fourth-order valence-corrected chi connectivity index (χ4v) is 2.53. The van der Waals surface area contributed by atoms with Crippen molar-refractivity contribution in [2.75, 3.05) is 0 Å². The van der Waals surface area contributed by atoms with Crippen molar-refractivity contribution in [2.45, 2.75) is 31.7 Å². The van der Waals surface area contributed by atoms with Gasteiger partial charge < -0.3 is 10.7 Å². The molecule has 3 N–H and O–H groups in total. The van der Waals surface area contributed by atoms with Gasteiger partial charge in [-0.25, -0.2) is 4.98 Å². The van der Waals surface area contributed by atoms with E-state index in [1.54, 1.807) is 10.7 Å². The molecule has 3 aromatic rings. The number of aryl methyl sites for hydroxylation is 1. The first-order valence-electron chi connectivity index (χ1n) is 6.69. The maximum absolute atomic E-state index is 6.28. The van der Waals surface area contributed by atoms with Gasteiger partial charge in [-0.3, -0.25) is 0 Å². The summed E-state index contributed by atoms with van der Waals surface area (Å²) < 4.78 is 1.72. The molecule has 0 spiro atoms. The Kier molecular flexibility index (Phi) is 2.23. The minimum atomic E-state index is -0.303. The van der Waals surface area contributed by atoms with Crippen LogP contribution in [0, 0.1) is 6.92 Å². The second kappa shape index (κ2) is 3.86. The molecular formula is C13H15N7. The summed E-state index contributed by atoms with van der Waals surface area (Å²) >= 11 is 0. The molecule has 3 aromatic heterocycles. The molecule has 0 unspecified atom stereocenters. The van der Waals surface area contributed by atoms with E-state index >= 15 is 0 Å². The van der Waals surface area contributed by atoms with Crippen molar-refractivity contribution in [3.63, 3.8) is 0 Å². The van der Waals surface area contributed by atoms with Crippen molar-refractivity contribution in [2.24, 2.45) is 5.73 Å². The zero-order chi connectivity index (χ0) is 13.7. The molecule has 4 rings (SSSR count). The number of imidazole rings is 1. The molecule has 0 aromatic carbocycles. The van der Waals surface area contributed by atoms with Crippen LogP contribution in [0.15, 0.2) is 18.3 Å². The number of hydrogen-bond acceptors (Lipinski definition) is 5. The van der Waals surface area contributed by atoms with E-state index in [0.717, 1.165) is 36.5 Å². The third-order valence-corrected chi connectivity index (χ3v) is 3.93. The van der Waals surface area contributed by atoms with Crippen LogP contribution in [0.25, 0.3) is 17.2 Å². The number of nitrogens with zero attached hydrogens (tertiary/aromatic N) is 5. The summed E-state index contributed by atoms with van der Waals surface area (Å²) in [6.07, 6.45) is 4.85. The Hall–Kier alpha value is -2.28. The third-order valence-electron chi connectivity index (χ3n) is 3.93. The minimum Gasteiger partial charge on any atom is -0.338 e. The van der Waals surface area contributed by atoms with E-state index in [2.05, 4.69) is 25.3 Å². The summed E-state index contributed by atoms with van der Waals surface area (Å²) in [4.78, 5) is 7.68. The van der Waals surface area contributed by atoms with Crippen LogP contribution in [0.3, 0.4) is 0 Å². The first-order chi connectivity index (χ1) is 9.66. The van der Waals surface area contributed by atoms with Gasteiger partial charge in [0.05, 0.1) is 17.4 Å². The predicted molar refractivity (Wildman–Crippen MR) is 72.8 cm³/mol. The molecule has 0 saturated heterocycles. The number of fused-ring (bicyclic) bond motifs is 1. The Morgan fingerprint density at radius 2 is 2.15 bits per heavy atom. The molecule has 0 radical (unpaired) electrons. The number of aromatic amines is 1. The van der Waals surface area contributed by atoms with E-state index in [9.17, 15) is 0 Å². The molecule has 0 atom stereocenters. The Morgan fingerprint density at radius 1 is 1.30 bits per heavy atom. The predicted octanol–water partition coefficient (Wildman–Crippen LogP) is 1.16. The highest BCUT2D eigenvalue weighted by Gasteiger charge is 2.37. The summed E-state index contributed by atoms with van der Waals surface area (Å²) in [5.74, 6) is 1.48. The van der Waals surface area contributed by atoms with Gasteiger partial charge in [0, 0.05) is 0 Å². The molecule has 0 aliphatic heterocycles. The van der Waals surface area contributed by atoms with Crippen LogP contribution in [0.1, 0.15) is 30.8 Å². The number of nitrogens with one attached hydrogen (secondary N) is 1. The van der Waals surface area contributed by atoms with Crippen molar-refractivity contribution in [1.82, 2.24) is 29.8 Å². The maximum atomic E-state index is 6.28. The molecule has 7 nitrogen and oxygen atoms in total. The third kappa shape index (κ3) is 1.56. The summed E-state index contributed by atoms with van der Waals surface area (Å²) in [6, 6.07) is 3.81. The normalized spacial score (nSPS) is 17.3. The molecule has 1 fully saturated rings. The minimum absolute atomic E-state index is 0.303. The summed E-state index contributed by atoms with van der Waals surface area (Å²) in [6.45, 7) is 1.94. The Morgan fingerprint density at radius 3 is 2.90 bits per heavy atom. The standard InChI is InChI=1S/C13H15N7/c1-8-3-4-10-17-18-11(20(10)19-8)9-7-15-12(16-9)13(14)5-2-6-13/h3-4,7H,2,5-6,14H2,1H3,(H,15,16). The molecule has 0 amide bonds. The fourth-order valence-electron chi connectivity index (χ4n) is 2.53. The SMILES string of the molecule is Cc1ccc2nnc(-c3cnc(C4(N)CCC4)[nH]3)n2n1. The lowest BCUT2D eigenvalue weighted by atomic mass is 9.77. The Bertz CT molecular complexity index is 781. The Balaban J connectivity index is 1.81. The second-order valence-electron chi connectivity index (χ2n) is 5.42. The van der Waals surface area contributed by atoms with Crippen LogP contribution in [0.4, 0.5) is 0 Å². The number of rotatable bonds is 2. The number of hydrogen-bond donors (Lipinski definition) is 2. The van der Waals surface area contributed by atoms with Crippen LogP contribution in [-0.2, 0) is 5.54 Å². The van der Waals surface area contributed by atoms with Gasteiger partial charge in [-0.05, 0) is 38.3 Å². The van der Waals surface area contributed by atoms with E-state index < -0.39 is 0 Å². The number of nitrogens with two attached hydrogens (primary N) is 1. The second-order valence-corrected chi connectivity index (χ2v) is 5.42. The molecular weight excluding hydrogens is 254 g/mol. The zero-order valence-corrected chi connectivity index (χ0v) is 11.2. The quantitative estimate of drug-likeness (QED) is 0.727. The van der Waals surface area contributed by atoms with Gasteiger partial charge in [0.2, 0.25) is 5.82 Å². The van der Waals surface area contributed by atoms with E-state index in [1.807, 2.05) is 19.1 Å². The lowest BCUT2D eigenvalue weighted by Crippen LogP contribution is -2.44. The van der Waals surface area contributed by atoms with Crippen molar-refractivity contribution >= 4 is 5.65 Å². The van der Waals surface area contributed by atoms with E-state index in [1.165, 1.54) is 0 Å². The van der Waals surface area contributed by atoms with Gasteiger partial charge >= 0.3 is 0 Å². The maximum Gasteiger partial charge on any atom is 0.203 e. The molecule has 3 heterocycles. The van der Waals surface area contributed by atoms with Crippen LogP contribution in [0.5, 0.6) is 0 Å². The van der Waals surface area contributed by atoms with Crippen molar-refractivity contribution in [1.29, 1.82) is 0 Å². The van der Waals surface area contributed by atoms with Gasteiger partial charge in [-0.2, -0.15) is 9.61 Å². The lowest BCUT2D eigenvalue weighted by molar-refractivity contribution is 0.240. The number of H-pyrrole nitrogens is 1. The topological polar surface area (TPSA) is 97.8 Å². The van der Waals surface area contributed by atoms with Gasteiger partial charge in [0.15, 0.2) is 5.65 Å². The molecule has 102 valence electrons. The van der Waals surface area contributed by atoms with Crippen LogP contribution >= 0.6 is 0 Å². The fraction of sp³-hybridized carbons (Fsp3) is 0.385. The molecule has 0 bridgehead atoms. The van der Waals surface area contributed by atoms with Crippen molar-refractivity contribution < 1.29 is 0 Å². The first kappa shape index (κ1) is 11.5. The van der Waals surface area contributed by atoms with E-state index in [-0.39, 0.29) is 5.54 Å². The van der Waals surface area contributed by atoms with E-state index in [4.69, 9.17) is 5.73 Å². The molecule has 1 saturated carbocycles. The molecule has 1 aliphatic carbocycles. The Labute approximate surface area is 115 Å². The highest BCUT2D eigenvalue weighted by Crippen LogP contribution is 2.37. The molecule has 7 heteroatoms. The average Bonchev–Trinajstić information content (AvgIpc) is 3.01. The first-order valence-corrected chi connectivity index (χ1v) is 6.69. The molecule has 1 aliphatic rings. The van der Waals surface area contributed by atoms with Crippen LogP contribution in [0.2, 0.25) is 0 Å². The lowest BCUT2D eigenvalue weighted by Gasteiger charge is -2.35. The van der Waals surface area contributed by atoms with Crippen LogP contribution in [-0.4, -0.2) is 29.8 Å². The summed E-state index contributed by atoms with van der Waals surface area (Å²) in [7, 11) is 0. The summed E-state index contributed by atoms with van der Waals surface area (Å²) in [5, 5.41) is 12.7. The van der Waals surface area contributed by atoms with Crippen molar-refractivity contribution in [3.05, 3.63) is 29.8 Å². The van der Waals surface area contributed by atoms with Crippen molar-refractivity contribution in [3.8, 4) is 11.5 Å². The monoisotopic (exact) mass is 269 g/mol. The highest BCUT2D eigenvalue weighted by atomic mass is 15.4. The smallest absolute Gasteiger partial charge is 0.203 e. The van der Waals surface area contributed by atoms with Crippen LogP contribution < -0.4 is 5.73 Å². The van der Waals surface area contributed by atoms with Gasteiger partial charge in [-0.1, -0.05) is 0 Å². The van der Waals surface area contributed by atoms with E-state index in [0.29, 0.717) is 11.5 Å². The van der Waals surface area contributed by atoms with Gasteiger partial charge in [0.25, 0.3) is 0 Å². The largest absolute Gasteiger partial charge is 0.338 e. The van der Waals surface area contributed by atoms with Gasteiger partial charge in [-0.15, -0.1) is 10.2 Å². The van der Waals surface area contributed by atoms with Gasteiger partial charge in [0.1, 0.15) is 11.5 Å². The number of aromatic nitrogens is 6. The molecule has 20 heavy (non-hydrogen) atoms. The summed E-state index contributed by atoms with van der Waals surface area (Å²) in [5.41, 5.74) is 8.39.